The largest absolute Gasteiger partial charge is 0.496 e. The molecule has 0 fully saturated rings. The first kappa shape index (κ1) is 19.4. The van der Waals surface area contributed by atoms with Gasteiger partial charge >= 0.3 is 6.03 Å². The van der Waals surface area contributed by atoms with Crippen LogP contribution in [0.5, 0.6) is 5.75 Å². The number of carbonyl (C=O) groups is 2. The van der Waals surface area contributed by atoms with Gasteiger partial charge in [0.1, 0.15) is 5.75 Å². The van der Waals surface area contributed by atoms with Crippen LogP contribution < -0.4 is 15.4 Å². The second-order valence-corrected chi connectivity index (χ2v) is 7.30. The lowest BCUT2D eigenvalue weighted by molar-refractivity contribution is -0.121. The first-order valence-corrected chi connectivity index (χ1v) is 8.03. The standard InChI is InChI=1S/C16H24BrN3O3/c1-16(2,3)19-15(22)18-14(21)10-20(4)9-11-8-12(17)6-7-13(11)23-5/h6-8H,9-10H2,1-5H3,(H2,18,19,21,22). The number of carbonyl (C=O) groups excluding carboxylic acids is 2. The molecule has 0 saturated carbocycles. The summed E-state index contributed by atoms with van der Waals surface area (Å²) in [5, 5.41) is 5.01. The molecular weight excluding hydrogens is 362 g/mol. The van der Waals surface area contributed by atoms with Gasteiger partial charge in [0.25, 0.3) is 0 Å². The molecule has 0 radical (unpaired) electrons. The van der Waals surface area contributed by atoms with Crippen LogP contribution in [0.4, 0.5) is 4.79 Å². The van der Waals surface area contributed by atoms with Gasteiger partial charge in [-0.3, -0.25) is 15.0 Å². The molecule has 1 rings (SSSR count). The molecule has 1 aromatic carbocycles. The topological polar surface area (TPSA) is 70.7 Å². The Bertz CT molecular complexity index is 570. The third-order valence-corrected chi connectivity index (χ3v) is 3.33. The highest BCUT2D eigenvalue weighted by Crippen LogP contribution is 2.23. The van der Waals surface area contributed by atoms with Crippen molar-refractivity contribution in [3.8, 4) is 5.75 Å². The van der Waals surface area contributed by atoms with E-state index in [0.717, 1.165) is 15.8 Å². The highest BCUT2D eigenvalue weighted by atomic mass is 79.9. The number of nitrogens with one attached hydrogen (secondary N) is 2. The minimum atomic E-state index is -0.490. The van der Waals surface area contributed by atoms with Crippen molar-refractivity contribution in [1.29, 1.82) is 0 Å². The van der Waals surface area contributed by atoms with E-state index in [1.807, 2.05) is 50.9 Å². The van der Waals surface area contributed by atoms with E-state index < -0.39 is 6.03 Å². The molecule has 128 valence electrons. The molecule has 0 heterocycles. The number of nitrogens with zero attached hydrogens (tertiary/aromatic N) is 1. The van der Waals surface area contributed by atoms with Gasteiger partial charge in [-0.2, -0.15) is 0 Å². The Kier molecular flexibility index (Phi) is 7.02. The van der Waals surface area contributed by atoms with E-state index in [2.05, 4.69) is 26.6 Å². The van der Waals surface area contributed by atoms with E-state index in [4.69, 9.17) is 4.74 Å². The number of halogens is 1. The van der Waals surface area contributed by atoms with Crippen molar-refractivity contribution in [3.63, 3.8) is 0 Å². The molecule has 0 aliphatic rings. The van der Waals surface area contributed by atoms with Crippen LogP contribution in [0.3, 0.4) is 0 Å². The maximum atomic E-state index is 11.9. The summed E-state index contributed by atoms with van der Waals surface area (Å²) in [5.74, 6) is 0.397. The number of methoxy groups -OCH3 is 1. The Morgan fingerprint density at radius 2 is 1.96 bits per heavy atom. The summed E-state index contributed by atoms with van der Waals surface area (Å²) in [7, 11) is 3.41. The maximum absolute atomic E-state index is 11.9. The zero-order chi connectivity index (χ0) is 17.6. The number of hydrogen-bond acceptors (Lipinski definition) is 4. The van der Waals surface area contributed by atoms with Crippen LogP contribution >= 0.6 is 15.9 Å². The Morgan fingerprint density at radius 3 is 2.52 bits per heavy atom. The van der Waals surface area contributed by atoms with Crippen LogP contribution in [0.15, 0.2) is 22.7 Å². The number of imide groups is 1. The summed E-state index contributed by atoms with van der Waals surface area (Å²) in [4.78, 5) is 25.4. The maximum Gasteiger partial charge on any atom is 0.321 e. The predicted molar refractivity (Wildman–Crippen MR) is 93.5 cm³/mol. The molecule has 0 spiro atoms. The first-order chi connectivity index (χ1) is 10.6. The normalized spacial score (nSPS) is 11.3. The van der Waals surface area contributed by atoms with Crippen LogP contribution in [-0.4, -0.2) is 43.1 Å². The van der Waals surface area contributed by atoms with E-state index in [0.29, 0.717) is 6.54 Å². The molecule has 7 heteroatoms. The average molecular weight is 386 g/mol. The van der Waals surface area contributed by atoms with Gasteiger partial charge in [0.15, 0.2) is 0 Å². The van der Waals surface area contributed by atoms with E-state index in [-0.39, 0.29) is 18.0 Å². The summed E-state index contributed by atoms with van der Waals surface area (Å²) >= 11 is 3.42. The van der Waals surface area contributed by atoms with Gasteiger partial charge in [-0.15, -0.1) is 0 Å². The molecule has 23 heavy (non-hydrogen) atoms. The third-order valence-electron chi connectivity index (χ3n) is 2.84. The Hall–Kier alpha value is -1.60. The molecule has 2 N–H and O–H groups in total. The molecule has 0 bridgehead atoms. The second kappa shape index (κ2) is 8.31. The molecule has 0 saturated heterocycles. The summed E-state index contributed by atoms with van der Waals surface area (Å²) in [5.41, 5.74) is 0.566. The van der Waals surface area contributed by atoms with E-state index >= 15 is 0 Å². The van der Waals surface area contributed by atoms with Crippen molar-refractivity contribution in [2.75, 3.05) is 20.7 Å². The fraction of sp³-hybridized carbons (Fsp3) is 0.500. The molecule has 0 atom stereocenters. The van der Waals surface area contributed by atoms with Gasteiger partial charge in [-0.1, -0.05) is 15.9 Å². The predicted octanol–water partition coefficient (Wildman–Crippen LogP) is 2.51. The summed E-state index contributed by atoms with van der Waals surface area (Å²) in [6, 6.07) is 5.21. The zero-order valence-corrected chi connectivity index (χ0v) is 15.8. The fourth-order valence-electron chi connectivity index (χ4n) is 2.00. The van der Waals surface area contributed by atoms with Crippen molar-refractivity contribution in [2.45, 2.75) is 32.9 Å². The summed E-state index contributed by atoms with van der Waals surface area (Å²) in [6.07, 6.45) is 0. The Morgan fingerprint density at radius 1 is 1.30 bits per heavy atom. The quantitative estimate of drug-likeness (QED) is 0.816. The van der Waals surface area contributed by atoms with Crippen molar-refractivity contribution in [3.05, 3.63) is 28.2 Å². The number of benzene rings is 1. The van der Waals surface area contributed by atoms with Gasteiger partial charge < -0.3 is 10.1 Å². The molecule has 6 nitrogen and oxygen atoms in total. The zero-order valence-electron chi connectivity index (χ0n) is 14.2. The van der Waals surface area contributed by atoms with E-state index in [9.17, 15) is 9.59 Å². The monoisotopic (exact) mass is 385 g/mol. The lowest BCUT2D eigenvalue weighted by Crippen LogP contribution is -2.50. The molecular formula is C16H24BrN3O3. The second-order valence-electron chi connectivity index (χ2n) is 6.38. The van der Waals surface area contributed by atoms with Gasteiger partial charge in [-0.25, -0.2) is 4.79 Å². The van der Waals surface area contributed by atoms with Crippen LogP contribution in [-0.2, 0) is 11.3 Å². The van der Waals surface area contributed by atoms with E-state index in [1.165, 1.54) is 0 Å². The minimum absolute atomic E-state index is 0.104. The van der Waals surface area contributed by atoms with Crippen molar-refractivity contribution >= 4 is 27.9 Å². The molecule has 0 unspecified atom stereocenters. The lowest BCUT2D eigenvalue weighted by atomic mass is 10.1. The molecule has 0 aromatic heterocycles. The summed E-state index contributed by atoms with van der Waals surface area (Å²) < 4.78 is 6.25. The third kappa shape index (κ3) is 7.47. The summed E-state index contributed by atoms with van der Waals surface area (Å²) in [6.45, 7) is 6.18. The number of amides is 3. The average Bonchev–Trinajstić information content (AvgIpc) is 2.35. The molecule has 0 aliphatic heterocycles. The van der Waals surface area contributed by atoms with E-state index in [1.54, 1.807) is 7.11 Å². The Balaban J connectivity index is 2.56. The smallest absolute Gasteiger partial charge is 0.321 e. The molecule has 3 amide bonds. The highest BCUT2D eigenvalue weighted by molar-refractivity contribution is 9.10. The van der Waals surface area contributed by atoms with Gasteiger partial charge in [0.05, 0.1) is 13.7 Å². The number of likely N-dealkylation sites (N-methyl/N-ethyl adjacent to an activating group) is 1. The Labute approximate surface area is 145 Å². The van der Waals surface area contributed by atoms with Crippen LogP contribution in [0.1, 0.15) is 26.3 Å². The number of urea groups is 1. The lowest BCUT2D eigenvalue weighted by Gasteiger charge is -2.21. The fourth-order valence-corrected chi connectivity index (χ4v) is 2.41. The van der Waals surface area contributed by atoms with Gasteiger partial charge in [0, 0.05) is 22.1 Å². The SMILES string of the molecule is COc1ccc(Br)cc1CN(C)CC(=O)NC(=O)NC(C)(C)C. The molecule has 0 aliphatic carbocycles. The minimum Gasteiger partial charge on any atom is -0.496 e. The number of ether oxygens (including phenoxy) is 1. The van der Waals surface area contributed by atoms with Crippen LogP contribution in [0.25, 0.3) is 0 Å². The van der Waals surface area contributed by atoms with Crippen molar-refractivity contribution < 1.29 is 14.3 Å². The van der Waals surface area contributed by atoms with Crippen LogP contribution in [0, 0.1) is 0 Å². The number of hydrogen-bond donors (Lipinski definition) is 2. The first-order valence-electron chi connectivity index (χ1n) is 7.23. The van der Waals surface area contributed by atoms with Gasteiger partial charge in [-0.05, 0) is 46.0 Å². The van der Waals surface area contributed by atoms with Crippen molar-refractivity contribution in [2.24, 2.45) is 0 Å². The highest BCUT2D eigenvalue weighted by Gasteiger charge is 2.17. The number of rotatable bonds is 5. The van der Waals surface area contributed by atoms with Crippen molar-refractivity contribution in [1.82, 2.24) is 15.5 Å². The van der Waals surface area contributed by atoms with Crippen LogP contribution in [0.2, 0.25) is 0 Å². The molecule has 1 aromatic rings. The van der Waals surface area contributed by atoms with Gasteiger partial charge in [0.2, 0.25) is 5.91 Å².